The molecule has 1 heterocycles. The molecule has 0 aliphatic carbocycles. The molecule has 0 unspecified atom stereocenters. The normalized spacial score (nSPS) is 17.3. The van der Waals surface area contributed by atoms with E-state index in [0.29, 0.717) is 12.3 Å². The van der Waals surface area contributed by atoms with E-state index in [1.165, 1.54) is 18.2 Å². The molecule has 0 aromatic heterocycles. The van der Waals surface area contributed by atoms with Gasteiger partial charge in [-0.3, -0.25) is 4.72 Å². The van der Waals surface area contributed by atoms with Gasteiger partial charge in [-0.2, -0.15) is 0 Å². The van der Waals surface area contributed by atoms with E-state index in [2.05, 4.69) is 10.0 Å². The van der Waals surface area contributed by atoms with Crippen LogP contribution in [-0.2, 0) is 10.0 Å². The summed E-state index contributed by atoms with van der Waals surface area (Å²) in [4.78, 5) is 0. The lowest BCUT2D eigenvalue weighted by Crippen LogP contribution is -2.29. The van der Waals surface area contributed by atoms with Crippen LogP contribution in [0.25, 0.3) is 0 Å². The number of hydrogen-bond donors (Lipinski definition) is 2. The van der Waals surface area contributed by atoms with Crippen LogP contribution in [0, 0.1) is 11.7 Å². The molecule has 19 heavy (non-hydrogen) atoms. The Balaban J connectivity index is 1.87. The lowest BCUT2D eigenvalue weighted by Gasteiger charge is -2.22. The first-order valence-corrected chi connectivity index (χ1v) is 8.17. The molecule has 1 saturated heterocycles. The topological polar surface area (TPSA) is 58.2 Å². The second-order valence-corrected chi connectivity index (χ2v) is 6.76. The highest BCUT2D eigenvalue weighted by Crippen LogP contribution is 2.18. The van der Waals surface area contributed by atoms with Crippen LogP contribution in [0.1, 0.15) is 19.3 Å². The Bertz CT molecular complexity index is 513. The van der Waals surface area contributed by atoms with E-state index in [9.17, 15) is 12.8 Å². The van der Waals surface area contributed by atoms with E-state index < -0.39 is 15.8 Å². The van der Waals surface area contributed by atoms with Gasteiger partial charge in [0.25, 0.3) is 0 Å². The molecule has 0 atom stereocenters. The summed E-state index contributed by atoms with van der Waals surface area (Å²) in [7, 11) is -3.39. The molecule has 1 aromatic carbocycles. The largest absolute Gasteiger partial charge is 0.317 e. The monoisotopic (exact) mass is 286 g/mol. The summed E-state index contributed by atoms with van der Waals surface area (Å²) < 4.78 is 39.2. The average Bonchev–Trinajstić information content (AvgIpc) is 2.37. The van der Waals surface area contributed by atoms with E-state index in [1.807, 2.05) is 0 Å². The van der Waals surface area contributed by atoms with E-state index in [0.717, 1.165) is 25.9 Å². The van der Waals surface area contributed by atoms with Crippen molar-refractivity contribution >= 4 is 15.7 Å². The van der Waals surface area contributed by atoms with Gasteiger partial charge in [-0.25, -0.2) is 12.8 Å². The third-order valence-corrected chi connectivity index (χ3v) is 4.67. The number of sulfonamides is 1. The standard InChI is InChI=1S/C13H19FN2O2S/c14-12-2-1-3-13(10-12)16-19(17,18)9-6-11-4-7-15-8-5-11/h1-3,10-11,15-16H,4-9H2. The zero-order valence-electron chi connectivity index (χ0n) is 10.7. The van der Waals surface area contributed by atoms with Gasteiger partial charge in [-0.1, -0.05) is 6.07 Å². The lowest BCUT2D eigenvalue weighted by molar-refractivity contribution is 0.365. The predicted octanol–water partition coefficient (Wildman–Crippen LogP) is 1.96. The second kappa shape index (κ2) is 6.34. The van der Waals surface area contributed by atoms with Gasteiger partial charge in [-0.05, 0) is 56.5 Å². The molecule has 1 aliphatic rings. The Morgan fingerprint density at radius 2 is 2.05 bits per heavy atom. The summed E-state index contributed by atoms with van der Waals surface area (Å²) in [6, 6.07) is 5.50. The van der Waals surface area contributed by atoms with Crippen LogP contribution in [0.2, 0.25) is 0 Å². The molecule has 1 aromatic rings. The fourth-order valence-electron chi connectivity index (χ4n) is 2.27. The number of rotatable bonds is 5. The number of hydrogen-bond acceptors (Lipinski definition) is 3. The van der Waals surface area contributed by atoms with Crippen LogP contribution in [0.4, 0.5) is 10.1 Å². The predicted molar refractivity (Wildman–Crippen MR) is 74.0 cm³/mol. The summed E-state index contributed by atoms with van der Waals surface area (Å²) in [5.74, 6) is 0.109. The molecule has 0 radical (unpaired) electrons. The molecule has 0 amide bonds. The maximum Gasteiger partial charge on any atom is 0.232 e. The van der Waals surface area contributed by atoms with E-state index in [-0.39, 0.29) is 11.4 Å². The number of nitrogens with one attached hydrogen (secondary N) is 2. The minimum Gasteiger partial charge on any atom is -0.317 e. The van der Waals surface area contributed by atoms with E-state index >= 15 is 0 Å². The SMILES string of the molecule is O=S(=O)(CCC1CCNCC1)Nc1cccc(F)c1. The molecule has 0 spiro atoms. The Kier molecular flexibility index (Phi) is 4.76. The maximum absolute atomic E-state index is 13.0. The first-order valence-electron chi connectivity index (χ1n) is 6.52. The zero-order valence-corrected chi connectivity index (χ0v) is 11.5. The highest BCUT2D eigenvalue weighted by molar-refractivity contribution is 7.92. The quantitative estimate of drug-likeness (QED) is 0.870. The van der Waals surface area contributed by atoms with E-state index in [4.69, 9.17) is 0 Å². The molecule has 2 N–H and O–H groups in total. The third-order valence-electron chi connectivity index (χ3n) is 3.35. The van der Waals surface area contributed by atoms with Gasteiger partial charge in [0.15, 0.2) is 0 Å². The minimum absolute atomic E-state index is 0.0914. The molecule has 106 valence electrons. The van der Waals surface area contributed by atoms with Crippen molar-refractivity contribution in [1.29, 1.82) is 0 Å². The van der Waals surface area contributed by atoms with Crippen LogP contribution in [0.3, 0.4) is 0 Å². The first-order chi connectivity index (χ1) is 9.05. The Morgan fingerprint density at radius 1 is 1.32 bits per heavy atom. The summed E-state index contributed by atoms with van der Waals surface area (Å²) in [6.45, 7) is 1.92. The average molecular weight is 286 g/mol. The van der Waals surface area contributed by atoms with Crippen LogP contribution in [-0.4, -0.2) is 27.3 Å². The van der Waals surface area contributed by atoms with Crippen molar-refractivity contribution in [1.82, 2.24) is 5.32 Å². The second-order valence-electron chi connectivity index (χ2n) is 4.91. The van der Waals surface area contributed by atoms with Crippen molar-refractivity contribution in [3.8, 4) is 0 Å². The molecular formula is C13H19FN2O2S. The van der Waals surface area contributed by atoms with Gasteiger partial charge in [0.05, 0.1) is 11.4 Å². The van der Waals surface area contributed by atoms with Crippen LogP contribution >= 0.6 is 0 Å². The van der Waals surface area contributed by atoms with Crippen molar-refractivity contribution in [2.45, 2.75) is 19.3 Å². The first kappa shape index (κ1) is 14.3. The van der Waals surface area contributed by atoms with Crippen LogP contribution in [0.5, 0.6) is 0 Å². The maximum atomic E-state index is 13.0. The summed E-state index contributed by atoms with van der Waals surface area (Å²) in [5, 5.41) is 3.25. The number of benzene rings is 1. The summed E-state index contributed by atoms with van der Waals surface area (Å²) in [6.07, 6.45) is 2.71. The molecule has 2 rings (SSSR count). The van der Waals surface area contributed by atoms with Gasteiger partial charge < -0.3 is 5.32 Å². The fraction of sp³-hybridized carbons (Fsp3) is 0.538. The number of piperidine rings is 1. The highest BCUT2D eigenvalue weighted by Gasteiger charge is 2.17. The lowest BCUT2D eigenvalue weighted by atomic mass is 9.96. The van der Waals surface area contributed by atoms with Crippen molar-refractivity contribution in [2.75, 3.05) is 23.6 Å². The summed E-state index contributed by atoms with van der Waals surface area (Å²) in [5.41, 5.74) is 0.283. The van der Waals surface area contributed by atoms with Gasteiger partial charge in [-0.15, -0.1) is 0 Å². The minimum atomic E-state index is -3.39. The van der Waals surface area contributed by atoms with Gasteiger partial charge in [0.2, 0.25) is 10.0 Å². The Labute approximate surface area is 113 Å². The van der Waals surface area contributed by atoms with Crippen molar-refractivity contribution in [3.63, 3.8) is 0 Å². The number of halogens is 1. The van der Waals surface area contributed by atoms with Crippen molar-refractivity contribution < 1.29 is 12.8 Å². The van der Waals surface area contributed by atoms with Gasteiger partial charge in [0.1, 0.15) is 5.82 Å². The molecule has 4 nitrogen and oxygen atoms in total. The fourth-order valence-corrected chi connectivity index (χ4v) is 3.51. The smallest absolute Gasteiger partial charge is 0.232 e. The van der Waals surface area contributed by atoms with Crippen molar-refractivity contribution in [3.05, 3.63) is 30.1 Å². The molecular weight excluding hydrogens is 267 g/mol. The van der Waals surface area contributed by atoms with Crippen LogP contribution in [0.15, 0.2) is 24.3 Å². The van der Waals surface area contributed by atoms with Crippen LogP contribution < -0.4 is 10.0 Å². The molecule has 0 saturated carbocycles. The number of anilines is 1. The van der Waals surface area contributed by atoms with Crippen molar-refractivity contribution in [2.24, 2.45) is 5.92 Å². The Morgan fingerprint density at radius 3 is 2.74 bits per heavy atom. The molecule has 1 aliphatic heterocycles. The molecule has 0 bridgehead atoms. The highest BCUT2D eigenvalue weighted by atomic mass is 32.2. The Hall–Kier alpha value is -1.14. The van der Waals surface area contributed by atoms with E-state index in [1.54, 1.807) is 6.07 Å². The third kappa shape index (κ3) is 4.80. The van der Waals surface area contributed by atoms with Gasteiger partial charge in [0, 0.05) is 0 Å². The molecule has 1 fully saturated rings. The molecule has 6 heteroatoms. The summed E-state index contributed by atoms with van der Waals surface area (Å²) >= 11 is 0. The van der Waals surface area contributed by atoms with Gasteiger partial charge >= 0.3 is 0 Å². The zero-order chi connectivity index (χ0) is 13.7.